The van der Waals surface area contributed by atoms with Crippen molar-refractivity contribution >= 4 is 17.6 Å². The topological polar surface area (TPSA) is 46.5 Å². The maximum absolute atomic E-state index is 12.7. The third-order valence-electron chi connectivity index (χ3n) is 4.46. The molecule has 0 aliphatic heterocycles. The fraction of sp³-hybridized carbons (Fsp3) is 0.250. The van der Waals surface area contributed by atoms with Gasteiger partial charge < -0.3 is 9.84 Å². The van der Waals surface area contributed by atoms with E-state index in [1.165, 1.54) is 0 Å². The van der Waals surface area contributed by atoms with E-state index in [9.17, 15) is 23.1 Å². The van der Waals surface area contributed by atoms with Crippen molar-refractivity contribution < 1.29 is 27.8 Å². The fourth-order valence-electron chi connectivity index (χ4n) is 3.02. The lowest BCUT2D eigenvalue weighted by atomic mass is 9.93. The normalized spacial score (nSPS) is 21.1. The minimum atomic E-state index is -4.48. The highest BCUT2D eigenvalue weighted by Gasteiger charge is 2.59. The molecule has 0 spiro atoms. The van der Waals surface area contributed by atoms with Crippen molar-refractivity contribution in [1.82, 2.24) is 0 Å². The van der Waals surface area contributed by atoms with Crippen molar-refractivity contribution in [2.45, 2.75) is 24.9 Å². The second-order valence-electron chi connectivity index (χ2n) is 6.21. The van der Waals surface area contributed by atoms with Crippen LogP contribution in [0.1, 0.15) is 24.5 Å². The number of halogens is 4. The van der Waals surface area contributed by atoms with Crippen LogP contribution in [0.3, 0.4) is 0 Å². The Hall–Kier alpha value is -2.65. The van der Waals surface area contributed by atoms with Gasteiger partial charge in [-0.1, -0.05) is 29.7 Å². The van der Waals surface area contributed by atoms with Crippen molar-refractivity contribution in [3.8, 4) is 23.3 Å². The molecule has 1 saturated carbocycles. The Morgan fingerprint density at radius 3 is 2.41 bits per heavy atom. The molecular formula is C20H14ClF3O3. The average Bonchev–Trinajstić information content (AvgIpc) is 3.32. The van der Waals surface area contributed by atoms with Gasteiger partial charge in [0.15, 0.2) is 0 Å². The Bertz CT molecular complexity index is 942. The number of carboxylic acid groups (broad SMARTS) is 1. The van der Waals surface area contributed by atoms with Crippen molar-refractivity contribution in [3.05, 3.63) is 58.6 Å². The molecule has 3 rings (SSSR count). The summed E-state index contributed by atoms with van der Waals surface area (Å²) >= 11 is 5.89. The molecule has 0 unspecified atom stereocenters. The molecule has 2 atom stereocenters. The molecular weight excluding hydrogens is 381 g/mol. The molecule has 0 radical (unpaired) electrons. The Labute approximate surface area is 158 Å². The van der Waals surface area contributed by atoms with E-state index >= 15 is 0 Å². The van der Waals surface area contributed by atoms with Crippen LogP contribution in [0.4, 0.5) is 13.2 Å². The molecule has 0 saturated heterocycles. The largest absolute Gasteiger partial charge is 0.481 e. The summed E-state index contributed by atoms with van der Waals surface area (Å²) in [5, 5.41) is 9.09. The summed E-state index contributed by atoms with van der Waals surface area (Å²) in [6, 6.07) is 9.49. The van der Waals surface area contributed by atoms with Crippen LogP contribution in [0, 0.1) is 17.8 Å². The lowest BCUT2D eigenvalue weighted by Crippen LogP contribution is -2.13. The number of alkyl halides is 3. The van der Waals surface area contributed by atoms with E-state index in [4.69, 9.17) is 16.3 Å². The highest BCUT2D eigenvalue weighted by molar-refractivity contribution is 6.32. The highest BCUT2D eigenvalue weighted by atomic mass is 35.5. The third kappa shape index (κ3) is 3.74. The first-order valence-corrected chi connectivity index (χ1v) is 8.37. The number of hydrogen-bond donors (Lipinski definition) is 1. The van der Waals surface area contributed by atoms with Crippen LogP contribution in [-0.4, -0.2) is 11.1 Å². The minimum absolute atomic E-state index is 0.0929. The molecule has 1 N–H and O–H groups in total. The van der Waals surface area contributed by atoms with Gasteiger partial charge in [0.1, 0.15) is 11.5 Å². The van der Waals surface area contributed by atoms with Crippen molar-refractivity contribution in [2.24, 2.45) is 5.92 Å². The van der Waals surface area contributed by atoms with Crippen molar-refractivity contribution in [3.63, 3.8) is 0 Å². The van der Waals surface area contributed by atoms with Gasteiger partial charge in [0.2, 0.25) is 0 Å². The SMILES string of the molecule is CC#C[C@]1(c2ccc(Oc3ccc(C(F)(F)F)cc3Cl)cc2)C[C@H]1C(=O)O. The molecule has 2 aromatic rings. The molecule has 0 bridgehead atoms. The second kappa shape index (κ2) is 6.82. The van der Waals surface area contributed by atoms with Gasteiger partial charge in [-0.2, -0.15) is 13.2 Å². The Morgan fingerprint density at radius 2 is 1.93 bits per heavy atom. The average molecular weight is 395 g/mol. The van der Waals surface area contributed by atoms with Crippen molar-refractivity contribution in [1.29, 1.82) is 0 Å². The van der Waals surface area contributed by atoms with Gasteiger partial charge >= 0.3 is 12.1 Å². The van der Waals surface area contributed by atoms with Gasteiger partial charge in [0, 0.05) is 0 Å². The Kier molecular flexibility index (Phi) is 4.83. The monoisotopic (exact) mass is 394 g/mol. The highest BCUT2D eigenvalue weighted by Crippen LogP contribution is 2.54. The number of aliphatic carboxylic acids is 1. The predicted molar refractivity (Wildman–Crippen MR) is 93.8 cm³/mol. The summed E-state index contributed by atoms with van der Waals surface area (Å²) in [5.41, 5.74) is -0.802. The van der Waals surface area contributed by atoms with E-state index in [0.717, 1.165) is 23.8 Å². The Morgan fingerprint density at radius 1 is 1.26 bits per heavy atom. The van der Waals surface area contributed by atoms with Crippen LogP contribution in [-0.2, 0) is 16.4 Å². The van der Waals surface area contributed by atoms with E-state index in [1.807, 2.05) is 0 Å². The summed E-state index contributed by atoms with van der Waals surface area (Å²) in [6.07, 6.45) is -4.04. The second-order valence-corrected chi connectivity index (χ2v) is 6.62. The Balaban J connectivity index is 1.81. The van der Waals surface area contributed by atoms with Gasteiger partial charge in [-0.15, -0.1) is 5.92 Å². The molecule has 1 fully saturated rings. The smallest absolute Gasteiger partial charge is 0.416 e. The number of hydrogen-bond acceptors (Lipinski definition) is 2. The zero-order valence-electron chi connectivity index (χ0n) is 14.1. The van der Waals surface area contributed by atoms with Crippen LogP contribution < -0.4 is 4.74 Å². The van der Waals surface area contributed by atoms with Crippen LogP contribution in [0.15, 0.2) is 42.5 Å². The quantitative estimate of drug-likeness (QED) is 0.695. The van der Waals surface area contributed by atoms with Gasteiger partial charge in [-0.25, -0.2) is 0 Å². The number of carbonyl (C=O) groups is 1. The molecule has 1 aliphatic rings. The van der Waals surface area contributed by atoms with E-state index in [0.29, 0.717) is 12.2 Å². The van der Waals surface area contributed by atoms with Crippen molar-refractivity contribution in [2.75, 3.05) is 0 Å². The minimum Gasteiger partial charge on any atom is -0.481 e. The van der Waals surface area contributed by atoms with E-state index in [-0.39, 0.29) is 10.8 Å². The van der Waals surface area contributed by atoms with Crippen LogP contribution in [0.25, 0.3) is 0 Å². The molecule has 0 aromatic heterocycles. The van der Waals surface area contributed by atoms with E-state index in [1.54, 1.807) is 31.2 Å². The first-order chi connectivity index (χ1) is 12.7. The van der Waals surface area contributed by atoms with Gasteiger partial charge in [-0.05, 0) is 49.2 Å². The third-order valence-corrected chi connectivity index (χ3v) is 4.76. The summed E-state index contributed by atoms with van der Waals surface area (Å²) in [4.78, 5) is 11.3. The van der Waals surface area contributed by atoms with Gasteiger partial charge in [-0.3, -0.25) is 4.79 Å². The summed E-state index contributed by atoms with van der Waals surface area (Å²) < 4.78 is 43.6. The maximum atomic E-state index is 12.7. The molecule has 2 aromatic carbocycles. The zero-order valence-corrected chi connectivity index (χ0v) is 14.9. The van der Waals surface area contributed by atoms with Crippen LogP contribution in [0.2, 0.25) is 5.02 Å². The number of ether oxygens (including phenoxy) is 1. The maximum Gasteiger partial charge on any atom is 0.416 e. The van der Waals surface area contributed by atoms with E-state index < -0.39 is 29.0 Å². The first-order valence-electron chi connectivity index (χ1n) is 7.99. The predicted octanol–water partition coefficient (Wildman–Crippen LogP) is 5.52. The molecule has 3 nitrogen and oxygen atoms in total. The molecule has 140 valence electrons. The molecule has 0 amide bonds. The first kappa shape index (κ1) is 19.1. The summed E-state index contributed by atoms with van der Waals surface area (Å²) in [6.45, 7) is 1.66. The lowest BCUT2D eigenvalue weighted by molar-refractivity contribution is -0.139. The standard InChI is InChI=1S/C20H14ClF3O3/c1-2-9-19(11-15(19)18(25)26)12-3-6-14(7-4-12)27-17-8-5-13(10-16(17)21)20(22,23)24/h3-8,10,15H,11H2,1H3,(H,25,26)/t15-,19+/m0/s1. The number of benzene rings is 2. The number of carboxylic acids is 1. The number of rotatable bonds is 4. The van der Waals surface area contributed by atoms with E-state index in [2.05, 4.69) is 11.8 Å². The van der Waals surface area contributed by atoms with Gasteiger partial charge in [0.05, 0.1) is 21.9 Å². The summed E-state index contributed by atoms with van der Waals surface area (Å²) in [7, 11) is 0. The molecule has 7 heteroatoms. The van der Waals surface area contributed by atoms with Gasteiger partial charge in [0.25, 0.3) is 0 Å². The van der Waals surface area contributed by atoms with Crippen LogP contribution >= 0.6 is 11.6 Å². The molecule has 27 heavy (non-hydrogen) atoms. The zero-order chi connectivity index (χ0) is 19.8. The lowest BCUT2D eigenvalue weighted by Gasteiger charge is -2.13. The molecule has 0 heterocycles. The summed E-state index contributed by atoms with van der Waals surface area (Å²) in [5.74, 6) is 4.77. The van der Waals surface area contributed by atoms with Crippen LogP contribution in [0.5, 0.6) is 11.5 Å². The molecule has 1 aliphatic carbocycles. The fourth-order valence-corrected chi connectivity index (χ4v) is 3.24.